The number of hydrogen-bond acceptors (Lipinski definition) is 5. The average Bonchev–Trinajstić information content (AvgIpc) is 2.87. The second-order valence-corrected chi connectivity index (χ2v) is 4.20. The van der Waals surface area contributed by atoms with E-state index in [2.05, 4.69) is 5.10 Å². The summed E-state index contributed by atoms with van der Waals surface area (Å²) in [5.74, 6) is 0.662. The molecule has 14 heavy (non-hydrogen) atoms. The first-order valence-electron chi connectivity index (χ1n) is 4.68. The molecule has 0 aliphatic carbocycles. The Balaban J connectivity index is 1.69. The molecule has 2 rings (SSSR count). The molecule has 0 N–H and O–H groups in total. The third-order valence-corrected chi connectivity index (χ3v) is 3.11. The molecule has 0 bridgehead atoms. The molecule has 0 radical (unpaired) electrons. The lowest BCUT2D eigenvalue weighted by atomic mass is 10.4. The van der Waals surface area contributed by atoms with Crippen LogP contribution in [-0.4, -0.2) is 47.2 Å². The lowest BCUT2D eigenvalue weighted by Crippen LogP contribution is -2.30. The van der Waals surface area contributed by atoms with Crippen LogP contribution in [0.4, 0.5) is 0 Å². The Kier molecular flexibility index (Phi) is 3.13. The van der Waals surface area contributed by atoms with E-state index >= 15 is 0 Å². The number of hydrazone groups is 1. The molecule has 0 unspecified atom stereocenters. The summed E-state index contributed by atoms with van der Waals surface area (Å²) in [5.41, 5.74) is 0. The fraction of sp³-hybridized carbons (Fsp3) is 0.750. The van der Waals surface area contributed by atoms with Crippen molar-refractivity contribution >= 4 is 24.3 Å². The van der Waals surface area contributed by atoms with Crippen LogP contribution < -0.4 is 0 Å². The zero-order valence-electron chi connectivity index (χ0n) is 7.89. The van der Waals surface area contributed by atoms with Crippen LogP contribution in [0.15, 0.2) is 5.10 Å². The molecule has 1 fully saturated rings. The predicted octanol–water partition coefficient (Wildman–Crippen LogP) is 0.490. The molecular weight excluding hydrogens is 202 g/mol. The van der Waals surface area contributed by atoms with Gasteiger partial charge in [0.25, 0.3) is 0 Å². The highest BCUT2D eigenvalue weighted by molar-refractivity contribution is 7.97. The number of amides is 1. The maximum absolute atomic E-state index is 11.6. The number of rotatable bonds is 3. The van der Waals surface area contributed by atoms with Gasteiger partial charge < -0.3 is 9.64 Å². The van der Waals surface area contributed by atoms with Gasteiger partial charge in [-0.2, -0.15) is 4.41 Å². The lowest BCUT2D eigenvalue weighted by Gasteiger charge is -2.16. The van der Waals surface area contributed by atoms with Gasteiger partial charge >= 0.3 is 0 Å². The number of hydrogen-bond donors (Lipinski definition) is 0. The summed E-state index contributed by atoms with van der Waals surface area (Å²) >= 11 is 1.40. The van der Waals surface area contributed by atoms with Gasteiger partial charge in [0.05, 0.1) is 5.75 Å². The number of likely N-dealkylation sites (tertiary alicyclic amines) is 1. The van der Waals surface area contributed by atoms with Crippen molar-refractivity contribution in [3.63, 3.8) is 0 Å². The molecular formula is C8H13N3O2S. The first-order chi connectivity index (χ1) is 6.86. The van der Waals surface area contributed by atoms with E-state index in [-0.39, 0.29) is 5.91 Å². The summed E-state index contributed by atoms with van der Waals surface area (Å²) in [6, 6.07) is 0. The van der Waals surface area contributed by atoms with E-state index in [1.54, 1.807) is 4.41 Å². The Morgan fingerprint density at radius 3 is 2.93 bits per heavy atom. The molecule has 5 nitrogen and oxygen atoms in total. The third kappa shape index (κ3) is 2.31. The zero-order valence-corrected chi connectivity index (χ0v) is 8.70. The maximum Gasteiger partial charge on any atom is 0.234 e. The van der Waals surface area contributed by atoms with Gasteiger partial charge in [-0.05, 0) is 24.8 Å². The second-order valence-electron chi connectivity index (χ2n) is 3.23. The topological polar surface area (TPSA) is 45.1 Å². The van der Waals surface area contributed by atoms with E-state index in [4.69, 9.17) is 4.74 Å². The number of carbonyl (C=O) groups excluding carboxylic acids is 1. The van der Waals surface area contributed by atoms with Crippen molar-refractivity contribution in [3.05, 3.63) is 0 Å². The average molecular weight is 215 g/mol. The van der Waals surface area contributed by atoms with Crippen LogP contribution in [0.1, 0.15) is 12.8 Å². The Labute approximate surface area is 87.2 Å². The minimum atomic E-state index is 0.203. The minimum absolute atomic E-state index is 0.203. The van der Waals surface area contributed by atoms with Gasteiger partial charge in [0.1, 0.15) is 0 Å². The third-order valence-electron chi connectivity index (χ3n) is 2.23. The molecule has 6 heteroatoms. The fourth-order valence-corrected chi connectivity index (χ4v) is 2.16. The molecule has 0 spiro atoms. The molecule has 1 saturated heterocycles. The van der Waals surface area contributed by atoms with Crippen LogP contribution >= 0.6 is 11.9 Å². The number of carbonyl (C=O) groups is 1. The van der Waals surface area contributed by atoms with Crippen molar-refractivity contribution < 1.29 is 9.53 Å². The van der Waals surface area contributed by atoms with Crippen LogP contribution in [-0.2, 0) is 9.53 Å². The molecule has 78 valence electrons. The Hall–Kier alpha value is -0.910. The van der Waals surface area contributed by atoms with Gasteiger partial charge in [0.15, 0.2) is 13.1 Å². The van der Waals surface area contributed by atoms with Gasteiger partial charge in [0.2, 0.25) is 5.91 Å². The van der Waals surface area contributed by atoms with Crippen molar-refractivity contribution in [2.75, 3.05) is 25.6 Å². The smallest absolute Gasteiger partial charge is 0.234 e. The zero-order chi connectivity index (χ0) is 9.80. The molecule has 1 amide bonds. The monoisotopic (exact) mass is 215 g/mol. The Bertz CT molecular complexity index is 241. The highest BCUT2D eigenvalue weighted by atomic mass is 32.2. The van der Waals surface area contributed by atoms with E-state index in [0.717, 1.165) is 25.9 Å². The summed E-state index contributed by atoms with van der Waals surface area (Å²) in [7, 11) is 0. The van der Waals surface area contributed by atoms with Gasteiger partial charge in [-0.15, -0.1) is 5.10 Å². The van der Waals surface area contributed by atoms with Crippen molar-refractivity contribution in [1.29, 1.82) is 0 Å². The van der Waals surface area contributed by atoms with Gasteiger partial charge in [-0.3, -0.25) is 4.79 Å². The summed E-state index contributed by atoms with van der Waals surface area (Å²) < 4.78 is 6.58. The highest BCUT2D eigenvalue weighted by Gasteiger charge is 2.19. The first-order valence-corrected chi connectivity index (χ1v) is 5.63. The summed E-state index contributed by atoms with van der Waals surface area (Å²) in [6.45, 7) is 2.27. The summed E-state index contributed by atoms with van der Waals surface area (Å²) in [4.78, 5) is 13.5. The SMILES string of the molecule is O=C(CSN1COC=N1)N1CCCC1. The van der Waals surface area contributed by atoms with Gasteiger partial charge in [0, 0.05) is 13.1 Å². The van der Waals surface area contributed by atoms with Gasteiger partial charge in [-0.1, -0.05) is 0 Å². The van der Waals surface area contributed by atoms with Crippen molar-refractivity contribution in [3.8, 4) is 0 Å². The molecule has 0 aromatic carbocycles. The number of ether oxygens (including phenoxy) is 1. The Morgan fingerprint density at radius 1 is 1.50 bits per heavy atom. The first kappa shape index (κ1) is 9.64. The van der Waals surface area contributed by atoms with Crippen LogP contribution in [0, 0.1) is 0 Å². The highest BCUT2D eigenvalue weighted by Crippen LogP contribution is 2.15. The molecule has 0 aromatic heterocycles. The van der Waals surface area contributed by atoms with E-state index in [1.165, 1.54) is 18.3 Å². The van der Waals surface area contributed by atoms with Crippen molar-refractivity contribution in [2.24, 2.45) is 5.10 Å². The molecule has 0 aromatic rings. The predicted molar refractivity (Wildman–Crippen MR) is 54.6 cm³/mol. The van der Waals surface area contributed by atoms with Crippen LogP contribution in [0.3, 0.4) is 0 Å². The Morgan fingerprint density at radius 2 is 2.29 bits per heavy atom. The van der Waals surface area contributed by atoms with E-state index in [9.17, 15) is 4.79 Å². The lowest BCUT2D eigenvalue weighted by molar-refractivity contribution is -0.127. The maximum atomic E-state index is 11.6. The van der Waals surface area contributed by atoms with Crippen molar-refractivity contribution in [1.82, 2.24) is 9.31 Å². The second kappa shape index (κ2) is 4.54. The van der Waals surface area contributed by atoms with Crippen LogP contribution in [0.2, 0.25) is 0 Å². The minimum Gasteiger partial charge on any atom is -0.459 e. The molecule has 2 aliphatic heterocycles. The van der Waals surface area contributed by atoms with Gasteiger partial charge in [-0.25, -0.2) is 0 Å². The summed E-state index contributed by atoms with van der Waals surface area (Å²) in [5, 5.41) is 3.91. The molecule has 2 heterocycles. The molecule has 2 aliphatic rings. The fourth-order valence-electron chi connectivity index (χ4n) is 1.47. The van der Waals surface area contributed by atoms with Crippen LogP contribution in [0.25, 0.3) is 0 Å². The van der Waals surface area contributed by atoms with E-state index in [1.807, 2.05) is 4.90 Å². The van der Waals surface area contributed by atoms with E-state index in [0.29, 0.717) is 12.5 Å². The normalized spacial score (nSPS) is 20.3. The standard InChI is InChI=1S/C8H13N3O2S/c12-8(10-3-1-2-4-10)5-14-11-7-13-6-9-11/h6H,1-5,7H2. The largest absolute Gasteiger partial charge is 0.459 e. The van der Waals surface area contributed by atoms with Crippen LogP contribution in [0.5, 0.6) is 0 Å². The number of nitrogens with zero attached hydrogens (tertiary/aromatic N) is 3. The summed E-state index contributed by atoms with van der Waals surface area (Å²) in [6.07, 6.45) is 3.68. The molecule has 0 atom stereocenters. The van der Waals surface area contributed by atoms with E-state index < -0.39 is 0 Å². The molecule has 0 saturated carbocycles. The van der Waals surface area contributed by atoms with Crippen molar-refractivity contribution in [2.45, 2.75) is 12.8 Å². The quantitative estimate of drug-likeness (QED) is 0.643.